The Morgan fingerprint density at radius 2 is 2.11 bits per heavy atom. The molecule has 0 aliphatic carbocycles. The summed E-state index contributed by atoms with van der Waals surface area (Å²) in [5.41, 5.74) is 6.91. The molecule has 2 rings (SSSR count). The Kier molecular flexibility index (Phi) is 3.74. The summed E-state index contributed by atoms with van der Waals surface area (Å²) in [7, 11) is 0. The van der Waals surface area contributed by atoms with Crippen LogP contribution in [-0.4, -0.2) is 22.9 Å². The van der Waals surface area contributed by atoms with E-state index in [1.807, 2.05) is 39.0 Å². The molecule has 1 aliphatic rings. The van der Waals surface area contributed by atoms with Crippen molar-refractivity contribution < 1.29 is 14.6 Å². The molecule has 1 aromatic rings. The van der Waals surface area contributed by atoms with Gasteiger partial charge in [0.05, 0.1) is 6.10 Å². The summed E-state index contributed by atoms with van der Waals surface area (Å²) in [5, 5.41) is 9.47. The van der Waals surface area contributed by atoms with E-state index in [4.69, 9.17) is 15.2 Å². The molecule has 0 saturated carbocycles. The first-order valence-electron chi connectivity index (χ1n) is 6.72. The minimum atomic E-state index is -0.518. The van der Waals surface area contributed by atoms with Gasteiger partial charge >= 0.3 is 0 Å². The monoisotopic (exact) mass is 265 g/mol. The third-order valence-corrected chi connectivity index (χ3v) is 3.48. The largest absolute Gasteiger partial charge is 0.488 e. The van der Waals surface area contributed by atoms with E-state index in [9.17, 15) is 5.11 Å². The first-order valence-corrected chi connectivity index (χ1v) is 6.72. The average Bonchev–Trinajstić information content (AvgIpc) is 2.26. The molecule has 0 amide bonds. The minimum Gasteiger partial charge on any atom is -0.488 e. The van der Waals surface area contributed by atoms with Crippen molar-refractivity contribution in [2.24, 2.45) is 5.73 Å². The smallest absolute Gasteiger partial charge is 0.128 e. The number of rotatable bonds is 3. The van der Waals surface area contributed by atoms with Crippen molar-refractivity contribution in [1.82, 2.24) is 0 Å². The van der Waals surface area contributed by atoms with Gasteiger partial charge in [-0.2, -0.15) is 0 Å². The summed E-state index contributed by atoms with van der Waals surface area (Å²) in [6.45, 7) is 7.60. The number of hydrogen-bond donors (Lipinski definition) is 2. The van der Waals surface area contributed by atoms with Crippen LogP contribution in [0.15, 0.2) is 18.2 Å². The lowest BCUT2D eigenvalue weighted by Crippen LogP contribution is -2.37. The second-order valence-corrected chi connectivity index (χ2v) is 5.94. The maximum absolute atomic E-state index is 9.47. The van der Waals surface area contributed by atoms with E-state index in [0.717, 1.165) is 17.7 Å². The highest BCUT2D eigenvalue weighted by Crippen LogP contribution is 2.40. The molecular weight excluding hydrogens is 242 g/mol. The zero-order chi connectivity index (χ0) is 14.2. The molecule has 4 nitrogen and oxygen atoms in total. The lowest BCUT2D eigenvalue weighted by molar-refractivity contribution is 0.0571. The van der Waals surface area contributed by atoms with Crippen LogP contribution in [0.5, 0.6) is 11.5 Å². The van der Waals surface area contributed by atoms with Crippen LogP contribution in [0, 0.1) is 0 Å². The molecule has 0 spiro atoms. The van der Waals surface area contributed by atoms with Gasteiger partial charge in [0.2, 0.25) is 0 Å². The highest BCUT2D eigenvalue weighted by molar-refractivity contribution is 5.44. The van der Waals surface area contributed by atoms with Gasteiger partial charge < -0.3 is 20.3 Å². The number of aliphatic hydroxyl groups excluding tert-OH is 1. The zero-order valence-corrected chi connectivity index (χ0v) is 12.0. The van der Waals surface area contributed by atoms with Crippen LogP contribution >= 0.6 is 0 Å². The van der Waals surface area contributed by atoms with E-state index < -0.39 is 6.10 Å². The van der Waals surface area contributed by atoms with Crippen LogP contribution < -0.4 is 15.2 Å². The molecule has 3 N–H and O–H groups in total. The van der Waals surface area contributed by atoms with E-state index in [2.05, 4.69) is 0 Å². The Morgan fingerprint density at radius 3 is 2.74 bits per heavy atom. The number of benzene rings is 1. The minimum absolute atomic E-state index is 0.0120. The Bertz CT molecular complexity index is 457. The third kappa shape index (κ3) is 3.19. The Hall–Kier alpha value is -1.26. The maximum Gasteiger partial charge on any atom is 0.128 e. The van der Waals surface area contributed by atoms with E-state index in [1.165, 1.54) is 0 Å². The molecule has 1 aliphatic heterocycles. The number of aliphatic hydroxyl groups is 1. The normalized spacial score (nSPS) is 24.0. The van der Waals surface area contributed by atoms with Gasteiger partial charge in [0.25, 0.3) is 0 Å². The van der Waals surface area contributed by atoms with E-state index in [1.54, 1.807) is 6.92 Å². The van der Waals surface area contributed by atoms with Gasteiger partial charge in [0.1, 0.15) is 23.2 Å². The van der Waals surface area contributed by atoms with Crippen molar-refractivity contribution in [1.29, 1.82) is 0 Å². The number of nitrogens with two attached hydrogens (primary N) is 1. The first-order chi connectivity index (χ1) is 8.78. The van der Waals surface area contributed by atoms with E-state index in [0.29, 0.717) is 5.75 Å². The number of ether oxygens (including phenoxy) is 2. The van der Waals surface area contributed by atoms with Crippen molar-refractivity contribution in [3.63, 3.8) is 0 Å². The Labute approximate surface area is 114 Å². The molecule has 0 saturated heterocycles. The molecule has 4 heteroatoms. The summed E-state index contributed by atoms with van der Waals surface area (Å²) in [5.74, 6) is 1.47. The molecule has 3 atom stereocenters. The molecule has 0 aromatic heterocycles. The molecule has 1 heterocycles. The van der Waals surface area contributed by atoms with Crippen molar-refractivity contribution in [3.8, 4) is 11.5 Å². The van der Waals surface area contributed by atoms with Crippen LogP contribution in [0.3, 0.4) is 0 Å². The highest BCUT2D eigenvalue weighted by Gasteiger charge is 2.32. The standard InChI is InChI=1S/C15H23NO3/c1-9(17)10(2)18-11-5-6-12-13(16)8-15(3,4)19-14(12)7-11/h5-7,9-10,13,17H,8,16H2,1-4H3. The second kappa shape index (κ2) is 5.02. The van der Waals surface area contributed by atoms with Gasteiger partial charge in [-0.15, -0.1) is 0 Å². The summed E-state index contributed by atoms with van der Waals surface area (Å²) < 4.78 is 11.6. The van der Waals surface area contributed by atoms with Crippen molar-refractivity contribution in [2.75, 3.05) is 0 Å². The van der Waals surface area contributed by atoms with Gasteiger partial charge in [-0.25, -0.2) is 0 Å². The quantitative estimate of drug-likeness (QED) is 0.880. The Morgan fingerprint density at radius 1 is 1.42 bits per heavy atom. The highest BCUT2D eigenvalue weighted by atomic mass is 16.5. The van der Waals surface area contributed by atoms with Crippen molar-refractivity contribution in [2.45, 2.75) is 58.0 Å². The van der Waals surface area contributed by atoms with Crippen LogP contribution in [-0.2, 0) is 0 Å². The molecule has 0 radical (unpaired) electrons. The summed E-state index contributed by atoms with van der Waals surface area (Å²) in [6.07, 6.45) is 0.0172. The molecule has 1 aromatic carbocycles. The second-order valence-electron chi connectivity index (χ2n) is 5.94. The fourth-order valence-electron chi connectivity index (χ4n) is 2.27. The maximum atomic E-state index is 9.47. The molecule has 3 unspecified atom stereocenters. The number of fused-ring (bicyclic) bond motifs is 1. The molecule has 0 bridgehead atoms. The van der Waals surface area contributed by atoms with Crippen molar-refractivity contribution >= 4 is 0 Å². The molecular formula is C15H23NO3. The molecule has 0 fully saturated rings. The van der Waals surface area contributed by atoms with Gasteiger partial charge in [-0.05, 0) is 33.8 Å². The molecule has 19 heavy (non-hydrogen) atoms. The fourth-order valence-corrected chi connectivity index (χ4v) is 2.27. The average molecular weight is 265 g/mol. The van der Waals surface area contributed by atoms with E-state index in [-0.39, 0.29) is 17.7 Å². The van der Waals surface area contributed by atoms with Crippen LogP contribution in [0.2, 0.25) is 0 Å². The first kappa shape index (κ1) is 14.2. The predicted molar refractivity (Wildman–Crippen MR) is 74.5 cm³/mol. The van der Waals surface area contributed by atoms with Crippen LogP contribution in [0.4, 0.5) is 0 Å². The zero-order valence-electron chi connectivity index (χ0n) is 12.0. The summed E-state index contributed by atoms with van der Waals surface area (Å²) >= 11 is 0. The topological polar surface area (TPSA) is 64.7 Å². The fraction of sp³-hybridized carbons (Fsp3) is 0.600. The van der Waals surface area contributed by atoms with Crippen LogP contribution in [0.1, 0.15) is 45.7 Å². The van der Waals surface area contributed by atoms with Crippen LogP contribution in [0.25, 0.3) is 0 Å². The molecule has 106 valence electrons. The van der Waals surface area contributed by atoms with Gasteiger partial charge in [0.15, 0.2) is 0 Å². The SMILES string of the molecule is CC(O)C(C)Oc1ccc2c(c1)OC(C)(C)CC2N. The predicted octanol–water partition coefficient (Wildman–Crippen LogP) is 2.40. The van der Waals surface area contributed by atoms with Gasteiger partial charge in [0, 0.05) is 24.1 Å². The van der Waals surface area contributed by atoms with Crippen molar-refractivity contribution in [3.05, 3.63) is 23.8 Å². The lowest BCUT2D eigenvalue weighted by atomic mass is 9.90. The number of hydrogen-bond acceptors (Lipinski definition) is 4. The summed E-state index contributed by atoms with van der Waals surface area (Å²) in [6, 6.07) is 5.66. The third-order valence-electron chi connectivity index (χ3n) is 3.48. The van der Waals surface area contributed by atoms with Gasteiger partial charge in [-0.3, -0.25) is 0 Å². The lowest BCUT2D eigenvalue weighted by Gasteiger charge is -2.36. The Balaban J connectivity index is 2.23. The van der Waals surface area contributed by atoms with E-state index >= 15 is 0 Å². The summed E-state index contributed by atoms with van der Waals surface area (Å²) in [4.78, 5) is 0. The van der Waals surface area contributed by atoms with Gasteiger partial charge in [-0.1, -0.05) is 6.07 Å².